The van der Waals surface area contributed by atoms with Gasteiger partial charge >= 0.3 is 0 Å². The second-order valence-electron chi connectivity index (χ2n) is 13.9. The molecule has 0 radical (unpaired) electrons. The van der Waals surface area contributed by atoms with E-state index in [1.165, 1.54) is 105 Å². The highest BCUT2D eigenvalue weighted by molar-refractivity contribution is 6.24. The first kappa shape index (κ1) is 30.8. The third-order valence-corrected chi connectivity index (χ3v) is 10.6. The number of hydrogen-bond donors (Lipinski definition) is 0. The van der Waals surface area contributed by atoms with Crippen molar-refractivity contribution in [2.24, 2.45) is 0 Å². The minimum atomic E-state index is 1.22. The smallest absolute Gasteiger partial charge is 0.00197 e. The first-order valence-electron chi connectivity index (χ1n) is 17.8. The number of benzene rings is 9. The third-order valence-electron chi connectivity index (χ3n) is 10.6. The lowest BCUT2D eigenvalue weighted by Crippen LogP contribution is -1.96. The molecule has 0 heteroatoms. The normalized spacial score (nSPS) is 11.4. The fraction of sp³-hybridized carbons (Fsp3) is 0.0588. The fourth-order valence-corrected chi connectivity index (χ4v) is 7.91. The van der Waals surface area contributed by atoms with E-state index in [-0.39, 0.29) is 0 Å². The molecule has 51 heavy (non-hydrogen) atoms. The summed E-state index contributed by atoms with van der Waals surface area (Å²) in [5, 5.41) is 7.62. The molecule has 0 atom stereocenters. The number of rotatable bonds is 5. The van der Waals surface area contributed by atoms with Gasteiger partial charge in [-0.3, -0.25) is 0 Å². The second-order valence-corrected chi connectivity index (χ2v) is 13.9. The molecular weight excluding hydrogens is 613 g/mol. The molecule has 9 aromatic rings. The topological polar surface area (TPSA) is 0 Å². The van der Waals surface area contributed by atoms with Crippen molar-refractivity contribution in [3.8, 4) is 55.6 Å². The molecule has 0 aromatic heterocycles. The van der Waals surface area contributed by atoms with Gasteiger partial charge in [0.15, 0.2) is 0 Å². The van der Waals surface area contributed by atoms with Gasteiger partial charge in [-0.25, -0.2) is 0 Å². The van der Waals surface area contributed by atoms with E-state index >= 15 is 0 Å². The Labute approximate surface area is 300 Å². The molecule has 0 bridgehead atoms. The number of hydrogen-bond acceptors (Lipinski definition) is 0. The predicted molar refractivity (Wildman–Crippen MR) is 220 cm³/mol. The second kappa shape index (κ2) is 12.6. The van der Waals surface area contributed by atoms with Crippen LogP contribution in [0.2, 0.25) is 0 Å². The quantitative estimate of drug-likeness (QED) is 0.163. The van der Waals surface area contributed by atoms with E-state index in [2.05, 4.69) is 197 Å². The van der Waals surface area contributed by atoms with Gasteiger partial charge in [0, 0.05) is 0 Å². The highest BCUT2D eigenvalue weighted by atomic mass is 14.2. The van der Waals surface area contributed by atoms with Crippen LogP contribution in [-0.4, -0.2) is 0 Å². The average Bonchev–Trinajstić information content (AvgIpc) is 3.18. The maximum absolute atomic E-state index is 2.44. The summed E-state index contributed by atoms with van der Waals surface area (Å²) < 4.78 is 0. The van der Waals surface area contributed by atoms with Crippen LogP contribution in [0, 0.1) is 20.8 Å². The average molecular weight is 651 g/mol. The summed E-state index contributed by atoms with van der Waals surface area (Å²) in [7, 11) is 0. The highest BCUT2D eigenvalue weighted by Gasteiger charge is 2.22. The van der Waals surface area contributed by atoms with Gasteiger partial charge < -0.3 is 0 Å². The maximum Gasteiger partial charge on any atom is -0.00197 e. The predicted octanol–water partition coefficient (Wildman–Crippen LogP) is 14.4. The molecule has 0 unspecified atom stereocenters. The Morgan fingerprint density at radius 3 is 1.37 bits per heavy atom. The lowest BCUT2D eigenvalue weighted by molar-refractivity contribution is 1.37. The summed E-state index contributed by atoms with van der Waals surface area (Å²) in [4.78, 5) is 0. The van der Waals surface area contributed by atoms with E-state index in [9.17, 15) is 0 Å². The van der Waals surface area contributed by atoms with Crippen LogP contribution in [0.4, 0.5) is 0 Å². The van der Waals surface area contributed by atoms with Crippen molar-refractivity contribution >= 4 is 32.3 Å². The van der Waals surface area contributed by atoms with Crippen molar-refractivity contribution in [2.75, 3.05) is 0 Å². The molecule has 0 fully saturated rings. The van der Waals surface area contributed by atoms with Crippen LogP contribution in [-0.2, 0) is 0 Å². The van der Waals surface area contributed by atoms with Gasteiger partial charge in [0.05, 0.1) is 0 Å². The van der Waals surface area contributed by atoms with Gasteiger partial charge in [-0.15, -0.1) is 0 Å². The molecule has 9 rings (SSSR count). The molecule has 0 spiro atoms. The van der Waals surface area contributed by atoms with Gasteiger partial charge in [0.2, 0.25) is 0 Å². The van der Waals surface area contributed by atoms with Crippen LogP contribution < -0.4 is 0 Å². The van der Waals surface area contributed by atoms with Gasteiger partial charge in [0.25, 0.3) is 0 Å². The minimum absolute atomic E-state index is 1.22. The van der Waals surface area contributed by atoms with Crippen LogP contribution >= 0.6 is 0 Å². The van der Waals surface area contributed by atoms with E-state index in [4.69, 9.17) is 0 Å². The number of fused-ring (bicyclic) bond motifs is 3. The SMILES string of the molecule is Cc1ccc2c(-c3ccccc3-c3ccc(-c4ccccc4)cc3)c3cc(C)c(C)cc3c(-c3cc4ccccc4cc3-c3ccccc3)c2c1. The van der Waals surface area contributed by atoms with E-state index < -0.39 is 0 Å². The summed E-state index contributed by atoms with van der Waals surface area (Å²) >= 11 is 0. The van der Waals surface area contributed by atoms with Gasteiger partial charge in [-0.1, -0.05) is 169 Å². The van der Waals surface area contributed by atoms with Crippen molar-refractivity contribution in [1.82, 2.24) is 0 Å². The summed E-state index contributed by atoms with van der Waals surface area (Å²) in [6.07, 6.45) is 0. The van der Waals surface area contributed by atoms with E-state index in [1.54, 1.807) is 0 Å². The molecule has 0 aliphatic heterocycles. The summed E-state index contributed by atoms with van der Waals surface area (Å²) in [6, 6.07) is 65.0. The molecule has 0 nitrogen and oxygen atoms in total. The molecule has 0 aliphatic rings. The van der Waals surface area contributed by atoms with Crippen LogP contribution in [0.25, 0.3) is 88.0 Å². The first-order valence-corrected chi connectivity index (χ1v) is 17.8. The zero-order chi connectivity index (χ0) is 34.5. The Morgan fingerprint density at radius 1 is 0.275 bits per heavy atom. The highest BCUT2D eigenvalue weighted by Crippen LogP contribution is 2.49. The molecule has 0 saturated heterocycles. The van der Waals surface area contributed by atoms with E-state index in [1.807, 2.05) is 0 Å². The van der Waals surface area contributed by atoms with Crippen molar-refractivity contribution in [3.63, 3.8) is 0 Å². The van der Waals surface area contributed by atoms with Gasteiger partial charge in [-0.2, -0.15) is 0 Å². The lowest BCUT2D eigenvalue weighted by Gasteiger charge is -2.23. The van der Waals surface area contributed by atoms with E-state index in [0.29, 0.717) is 0 Å². The summed E-state index contributed by atoms with van der Waals surface area (Å²) in [5.74, 6) is 0. The van der Waals surface area contributed by atoms with Crippen LogP contribution in [0.1, 0.15) is 16.7 Å². The molecule has 0 aliphatic carbocycles. The molecule has 0 heterocycles. The van der Waals surface area contributed by atoms with Crippen LogP contribution in [0.3, 0.4) is 0 Å². The Balaban J connectivity index is 1.38. The maximum atomic E-state index is 2.44. The Morgan fingerprint density at radius 2 is 0.725 bits per heavy atom. The van der Waals surface area contributed by atoms with Gasteiger partial charge in [0.1, 0.15) is 0 Å². The first-order chi connectivity index (χ1) is 25.0. The lowest BCUT2D eigenvalue weighted by atomic mass is 9.80. The Hall–Kier alpha value is -6.24. The van der Waals surface area contributed by atoms with E-state index in [0.717, 1.165) is 0 Å². The van der Waals surface area contributed by atoms with Crippen molar-refractivity contribution in [2.45, 2.75) is 20.8 Å². The monoisotopic (exact) mass is 650 g/mol. The molecule has 0 amide bonds. The molecule has 242 valence electrons. The largest absolute Gasteiger partial charge is 0.0622 e. The number of aryl methyl sites for hydroxylation is 3. The van der Waals surface area contributed by atoms with Gasteiger partial charge in [-0.05, 0) is 132 Å². The standard InChI is InChI=1S/C51H38/c1-33-22-27-44-46(28-33)51(49-32-41-19-11-10-18-40(41)31-45(49)38-16-8-5-9-17-38)48-30-35(3)34(2)29-47(48)50(44)43-21-13-12-20-42(43)39-25-23-37(24-26-39)36-14-6-4-7-15-36/h4-32H,1-3H3. The van der Waals surface area contributed by atoms with Crippen LogP contribution in [0.5, 0.6) is 0 Å². The Bertz CT molecular complexity index is 2730. The fourth-order valence-electron chi connectivity index (χ4n) is 7.91. The third kappa shape index (κ3) is 5.41. The summed E-state index contributed by atoms with van der Waals surface area (Å²) in [6.45, 7) is 6.71. The Kier molecular flexibility index (Phi) is 7.59. The van der Waals surface area contributed by atoms with Crippen LogP contribution in [0.15, 0.2) is 176 Å². The molecular formula is C51H38. The summed E-state index contributed by atoms with van der Waals surface area (Å²) in [5.41, 5.74) is 16.3. The van der Waals surface area contributed by atoms with Crippen molar-refractivity contribution in [1.29, 1.82) is 0 Å². The zero-order valence-corrected chi connectivity index (χ0v) is 29.2. The zero-order valence-electron chi connectivity index (χ0n) is 29.2. The van der Waals surface area contributed by atoms with Crippen molar-refractivity contribution in [3.05, 3.63) is 193 Å². The molecule has 0 N–H and O–H groups in total. The molecule has 9 aromatic carbocycles. The minimum Gasteiger partial charge on any atom is -0.0622 e. The molecule has 0 saturated carbocycles. The van der Waals surface area contributed by atoms with Crippen molar-refractivity contribution < 1.29 is 0 Å².